The van der Waals surface area contributed by atoms with Crippen molar-refractivity contribution < 1.29 is 9.18 Å². The lowest BCUT2D eigenvalue weighted by Crippen LogP contribution is -2.42. The third kappa shape index (κ3) is 3.40. The van der Waals surface area contributed by atoms with Gasteiger partial charge in [-0.05, 0) is 49.2 Å². The molecule has 0 saturated heterocycles. The van der Waals surface area contributed by atoms with Crippen molar-refractivity contribution >= 4 is 23.1 Å². The largest absolute Gasteiger partial charge is 0.368 e. The summed E-state index contributed by atoms with van der Waals surface area (Å²) in [4.78, 5) is 16.8. The van der Waals surface area contributed by atoms with Crippen LogP contribution in [0.15, 0.2) is 42.6 Å². The molecule has 1 amide bonds. The zero-order chi connectivity index (χ0) is 18.9. The van der Waals surface area contributed by atoms with E-state index in [4.69, 9.17) is 5.73 Å². The first-order chi connectivity index (χ1) is 13.1. The fourth-order valence-corrected chi connectivity index (χ4v) is 4.13. The molecule has 1 fully saturated rings. The molecule has 0 radical (unpaired) electrons. The Morgan fingerprint density at radius 3 is 2.67 bits per heavy atom. The smallest absolute Gasteiger partial charge is 0.258 e. The van der Waals surface area contributed by atoms with E-state index in [-0.39, 0.29) is 11.2 Å². The molecule has 0 bridgehead atoms. The summed E-state index contributed by atoms with van der Waals surface area (Å²) in [5.74, 6) is -0.0959. The number of primary amides is 1. The Bertz CT molecular complexity index is 968. The summed E-state index contributed by atoms with van der Waals surface area (Å²) >= 11 is 1.28. The van der Waals surface area contributed by atoms with Gasteiger partial charge in [-0.25, -0.2) is 4.39 Å². The quantitative estimate of drug-likeness (QED) is 0.681. The average Bonchev–Trinajstić information content (AvgIpc) is 3.13. The van der Waals surface area contributed by atoms with Gasteiger partial charge >= 0.3 is 0 Å². The van der Waals surface area contributed by atoms with Crippen molar-refractivity contribution in [3.63, 3.8) is 0 Å². The van der Waals surface area contributed by atoms with Crippen molar-refractivity contribution in [1.29, 1.82) is 0 Å². The normalized spacial score (nSPS) is 15.1. The number of carbonyl (C=O) groups is 1. The van der Waals surface area contributed by atoms with Crippen LogP contribution in [0.25, 0.3) is 10.6 Å². The van der Waals surface area contributed by atoms with E-state index in [2.05, 4.69) is 20.5 Å². The van der Waals surface area contributed by atoms with Gasteiger partial charge in [-0.2, -0.15) is 0 Å². The van der Waals surface area contributed by atoms with Gasteiger partial charge in [-0.1, -0.05) is 6.42 Å². The summed E-state index contributed by atoms with van der Waals surface area (Å²) in [6.07, 6.45) is 4.48. The maximum absolute atomic E-state index is 14.2. The third-order valence-electron chi connectivity index (χ3n) is 4.95. The molecule has 8 heteroatoms. The number of carbonyl (C=O) groups excluding carboxylic acids is 1. The number of halogens is 1. The minimum atomic E-state index is -0.454. The molecule has 3 aromatic heterocycles. The van der Waals surface area contributed by atoms with Gasteiger partial charge in [-0.3, -0.25) is 9.78 Å². The highest BCUT2D eigenvalue weighted by Gasteiger charge is 2.41. The van der Waals surface area contributed by atoms with Crippen LogP contribution in [-0.2, 0) is 5.41 Å². The molecule has 0 aliphatic heterocycles. The maximum atomic E-state index is 14.2. The van der Waals surface area contributed by atoms with Gasteiger partial charge in [-0.15, -0.1) is 21.5 Å². The Morgan fingerprint density at radius 2 is 2.07 bits per heavy atom. The molecular formula is C19H18FN5OS. The molecule has 0 spiro atoms. The number of hydrogen-bond acceptors (Lipinski definition) is 6. The van der Waals surface area contributed by atoms with Crippen LogP contribution in [0.3, 0.4) is 0 Å². The monoisotopic (exact) mass is 383 g/mol. The summed E-state index contributed by atoms with van der Waals surface area (Å²) in [6.45, 7) is 0.555. The van der Waals surface area contributed by atoms with E-state index in [9.17, 15) is 9.18 Å². The number of nitrogens with two attached hydrogens (primary N) is 1. The molecule has 0 unspecified atom stereocenters. The fraction of sp³-hybridized carbons (Fsp3) is 0.263. The van der Waals surface area contributed by atoms with Gasteiger partial charge in [0.2, 0.25) is 0 Å². The molecule has 0 atom stereocenters. The van der Waals surface area contributed by atoms with E-state index in [1.54, 1.807) is 24.4 Å². The standard InChI is InChI=1S/C19H18FN5OS/c20-12-3-1-10-22-17(12)19(8-2-9-19)11-23-16-7-4-13(24-25-16)14-5-6-15(27-14)18(21)26/h1,3-7,10H,2,8-9,11H2,(H2,21,26)(H,23,25). The molecule has 4 rings (SSSR count). The van der Waals surface area contributed by atoms with Crippen LogP contribution in [0.5, 0.6) is 0 Å². The van der Waals surface area contributed by atoms with E-state index in [0.717, 1.165) is 24.1 Å². The first kappa shape index (κ1) is 17.5. The van der Waals surface area contributed by atoms with Crippen LogP contribution in [0.1, 0.15) is 34.6 Å². The number of amides is 1. The van der Waals surface area contributed by atoms with Crippen LogP contribution in [-0.4, -0.2) is 27.6 Å². The van der Waals surface area contributed by atoms with Gasteiger partial charge in [0.05, 0.1) is 15.4 Å². The Balaban J connectivity index is 1.47. The van der Waals surface area contributed by atoms with Crippen molar-refractivity contribution in [3.05, 3.63) is 59.0 Å². The van der Waals surface area contributed by atoms with E-state index >= 15 is 0 Å². The number of hydrogen-bond donors (Lipinski definition) is 2. The second kappa shape index (κ2) is 7.03. The van der Waals surface area contributed by atoms with E-state index in [1.807, 2.05) is 12.1 Å². The summed E-state index contributed by atoms with van der Waals surface area (Å²) in [6, 6.07) is 10.2. The number of thiophene rings is 1. The first-order valence-electron chi connectivity index (χ1n) is 8.66. The molecule has 3 N–H and O–H groups in total. The van der Waals surface area contributed by atoms with Gasteiger partial charge in [0.25, 0.3) is 5.91 Å². The predicted octanol–water partition coefficient (Wildman–Crippen LogP) is 3.37. The molecule has 6 nitrogen and oxygen atoms in total. The predicted molar refractivity (Wildman–Crippen MR) is 102 cm³/mol. The highest BCUT2D eigenvalue weighted by Crippen LogP contribution is 2.43. The summed E-state index contributed by atoms with van der Waals surface area (Å²) in [5, 5.41) is 11.7. The first-order valence-corrected chi connectivity index (χ1v) is 9.48. The maximum Gasteiger partial charge on any atom is 0.258 e. The average molecular weight is 383 g/mol. The van der Waals surface area contributed by atoms with Crippen molar-refractivity contribution in [2.24, 2.45) is 5.73 Å². The Morgan fingerprint density at radius 1 is 1.22 bits per heavy atom. The number of rotatable bonds is 6. The van der Waals surface area contributed by atoms with Gasteiger partial charge in [0.15, 0.2) is 0 Å². The fourth-order valence-electron chi connectivity index (χ4n) is 3.30. The lowest BCUT2D eigenvalue weighted by atomic mass is 9.66. The van der Waals surface area contributed by atoms with Gasteiger partial charge in [0, 0.05) is 18.2 Å². The number of nitrogens with zero attached hydrogens (tertiary/aromatic N) is 3. The van der Waals surface area contributed by atoms with Crippen molar-refractivity contribution in [3.8, 4) is 10.6 Å². The summed E-state index contributed by atoms with van der Waals surface area (Å²) < 4.78 is 14.2. The van der Waals surface area contributed by atoms with Crippen molar-refractivity contribution in [2.75, 3.05) is 11.9 Å². The van der Waals surface area contributed by atoms with Crippen molar-refractivity contribution in [1.82, 2.24) is 15.2 Å². The third-order valence-corrected chi connectivity index (χ3v) is 6.07. The van der Waals surface area contributed by atoms with E-state index < -0.39 is 5.91 Å². The van der Waals surface area contributed by atoms with Crippen LogP contribution >= 0.6 is 11.3 Å². The minimum absolute atomic E-state index is 0.261. The molecule has 1 aliphatic rings. The minimum Gasteiger partial charge on any atom is -0.368 e. The number of pyridine rings is 1. The molecule has 138 valence electrons. The van der Waals surface area contributed by atoms with Crippen molar-refractivity contribution in [2.45, 2.75) is 24.7 Å². The number of nitrogens with one attached hydrogen (secondary N) is 1. The van der Waals surface area contributed by atoms with Crippen LogP contribution in [0, 0.1) is 5.82 Å². The van der Waals surface area contributed by atoms with E-state index in [1.165, 1.54) is 17.4 Å². The molecule has 3 heterocycles. The van der Waals surface area contributed by atoms with E-state index in [0.29, 0.717) is 28.6 Å². The lowest BCUT2D eigenvalue weighted by molar-refractivity contribution is 0.100. The molecule has 0 aromatic carbocycles. The highest BCUT2D eigenvalue weighted by molar-refractivity contribution is 7.17. The van der Waals surface area contributed by atoms with Crippen LogP contribution < -0.4 is 11.1 Å². The molecule has 3 aromatic rings. The van der Waals surface area contributed by atoms with Crippen LogP contribution in [0.2, 0.25) is 0 Å². The number of anilines is 1. The molecular weight excluding hydrogens is 365 g/mol. The SMILES string of the molecule is NC(=O)c1ccc(-c2ccc(NCC3(c4ncccc4F)CCC3)nn2)s1. The van der Waals surface area contributed by atoms with Gasteiger partial charge in [0.1, 0.15) is 17.3 Å². The Kier molecular flexibility index (Phi) is 4.57. The van der Waals surface area contributed by atoms with Gasteiger partial charge < -0.3 is 11.1 Å². The lowest BCUT2D eigenvalue weighted by Gasteiger charge is -2.41. The van der Waals surface area contributed by atoms with Crippen LogP contribution in [0.4, 0.5) is 10.2 Å². The zero-order valence-electron chi connectivity index (χ0n) is 14.5. The topological polar surface area (TPSA) is 93.8 Å². The zero-order valence-corrected chi connectivity index (χ0v) is 15.3. The number of aromatic nitrogens is 3. The second-order valence-electron chi connectivity index (χ2n) is 6.65. The molecule has 1 aliphatic carbocycles. The Labute approximate surface area is 159 Å². The highest BCUT2D eigenvalue weighted by atomic mass is 32.1. The molecule has 1 saturated carbocycles. The molecule has 27 heavy (non-hydrogen) atoms. The second-order valence-corrected chi connectivity index (χ2v) is 7.74. The summed E-state index contributed by atoms with van der Waals surface area (Å²) in [7, 11) is 0. The summed E-state index contributed by atoms with van der Waals surface area (Å²) in [5.41, 5.74) is 6.18. The Hall–Kier alpha value is -2.87.